The van der Waals surface area contributed by atoms with Gasteiger partial charge in [0.25, 0.3) is 11.6 Å². The van der Waals surface area contributed by atoms with Gasteiger partial charge in [-0.25, -0.2) is 4.98 Å². The van der Waals surface area contributed by atoms with Gasteiger partial charge in [-0.15, -0.1) is 0 Å². The Balaban J connectivity index is 1.39. The average Bonchev–Trinajstić information content (AvgIpc) is 3.61. The summed E-state index contributed by atoms with van der Waals surface area (Å²) in [4.78, 5) is 45.7. The molecule has 1 fully saturated rings. The minimum atomic E-state index is -0.474. The molecule has 1 aromatic heterocycles. The fourth-order valence-electron chi connectivity index (χ4n) is 5.11. The van der Waals surface area contributed by atoms with E-state index in [2.05, 4.69) is 20.6 Å². The predicted octanol–water partition coefficient (Wildman–Crippen LogP) is 5.43. The maximum Gasteiger partial charge on any atom is 0.270 e. The number of amides is 2. The van der Waals surface area contributed by atoms with Crippen LogP contribution in [-0.2, 0) is 16.1 Å². The monoisotopic (exact) mass is 534 g/mol. The molecule has 2 amide bonds. The summed E-state index contributed by atoms with van der Waals surface area (Å²) in [5.74, 6) is -0.187. The Morgan fingerprint density at radius 1 is 1.02 bits per heavy atom. The number of aromatic amines is 1. The lowest BCUT2D eigenvalue weighted by atomic mass is 9.98. The molecule has 3 aromatic carbocycles. The van der Waals surface area contributed by atoms with Gasteiger partial charge in [0.1, 0.15) is 0 Å². The van der Waals surface area contributed by atoms with Gasteiger partial charge in [-0.3, -0.25) is 19.7 Å². The third-order valence-electron chi connectivity index (χ3n) is 7.19. The van der Waals surface area contributed by atoms with Crippen LogP contribution in [0.2, 0.25) is 0 Å². The molecule has 10 nitrogen and oxygen atoms in total. The molecular weight excluding hydrogens is 508 g/mol. The lowest BCUT2D eigenvalue weighted by molar-refractivity contribution is -0.384. The van der Waals surface area contributed by atoms with E-state index >= 15 is 0 Å². The number of benzene rings is 3. The number of fused-ring (bicyclic) bond motifs is 1. The number of non-ortho nitro benzene ring substituents is 1. The van der Waals surface area contributed by atoms with Crippen LogP contribution in [-0.4, -0.2) is 38.2 Å². The molecule has 1 saturated heterocycles. The van der Waals surface area contributed by atoms with Crippen molar-refractivity contribution in [3.05, 3.63) is 106 Å². The standard InChI is InChI=1S/C30H26N6O4/c37-27-3-1-2-14-35(27)17-19-4-6-21(7-5-19)29(33-22-10-8-20(9-11-22)26-16-31-18-32-26)28-24-15-23(36(39)40)12-13-25(24)34-30(28)38/h4-13,15-16,18,33H,1-3,14,17H2,(H,31,32)(H,34,38). The first-order valence-corrected chi connectivity index (χ1v) is 13.0. The number of nitro benzene ring substituents is 1. The van der Waals surface area contributed by atoms with Crippen molar-refractivity contribution in [3.8, 4) is 11.3 Å². The van der Waals surface area contributed by atoms with Crippen LogP contribution in [0.5, 0.6) is 0 Å². The van der Waals surface area contributed by atoms with Gasteiger partial charge in [-0.2, -0.15) is 0 Å². The number of anilines is 2. The van der Waals surface area contributed by atoms with Crippen LogP contribution in [0.4, 0.5) is 17.1 Å². The molecule has 0 unspecified atom stereocenters. The summed E-state index contributed by atoms with van der Waals surface area (Å²) in [6, 6.07) is 19.7. The number of carbonyl (C=O) groups excluding carboxylic acids is 2. The van der Waals surface area contributed by atoms with Crippen LogP contribution in [0.15, 0.2) is 79.3 Å². The highest BCUT2D eigenvalue weighted by atomic mass is 16.6. The molecule has 6 rings (SSSR count). The molecule has 3 N–H and O–H groups in total. The summed E-state index contributed by atoms with van der Waals surface area (Å²) < 4.78 is 0. The van der Waals surface area contributed by atoms with Crippen molar-refractivity contribution >= 4 is 40.1 Å². The molecule has 3 heterocycles. The first kappa shape index (κ1) is 25.1. The number of piperidine rings is 1. The average molecular weight is 535 g/mol. The number of aromatic nitrogens is 2. The molecule has 2 aliphatic rings. The predicted molar refractivity (Wildman–Crippen MR) is 152 cm³/mol. The Labute approximate surface area is 229 Å². The Morgan fingerprint density at radius 2 is 1.82 bits per heavy atom. The van der Waals surface area contributed by atoms with Crippen LogP contribution in [0, 0.1) is 10.1 Å². The number of rotatable bonds is 7. The number of nitrogens with one attached hydrogen (secondary N) is 3. The molecule has 0 radical (unpaired) electrons. The van der Waals surface area contributed by atoms with Gasteiger partial charge in [0.05, 0.1) is 28.2 Å². The molecule has 0 aliphatic carbocycles. The Morgan fingerprint density at radius 3 is 2.52 bits per heavy atom. The van der Waals surface area contributed by atoms with E-state index in [9.17, 15) is 19.7 Å². The van der Waals surface area contributed by atoms with Gasteiger partial charge in [0.15, 0.2) is 0 Å². The largest absolute Gasteiger partial charge is 0.354 e. The van der Waals surface area contributed by atoms with Crippen molar-refractivity contribution in [1.29, 1.82) is 0 Å². The number of imidazole rings is 1. The number of likely N-dealkylation sites (tertiary alicyclic amines) is 1. The molecular formula is C30H26N6O4. The maximum absolute atomic E-state index is 13.3. The highest BCUT2D eigenvalue weighted by Crippen LogP contribution is 2.39. The number of hydrogen-bond donors (Lipinski definition) is 3. The first-order chi connectivity index (χ1) is 19.5. The quantitative estimate of drug-likeness (QED) is 0.164. The topological polar surface area (TPSA) is 133 Å². The minimum absolute atomic E-state index is 0.1000. The molecule has 200 valence electrons. The van der Waals surface area contributed by atoms with E-state index in [0.29, 0.717) is 35.5 Å². The highest BCUT2D eigenvalue weighted by molar-refractivity contribution is 6.37. The minimum Gasteiger partial charge on any atom is -0.354 e. The second-order valence-electron chi connectivity index (χ2n) is 9.82. The normalized spacial score (nSPS) is 15.9. The van der Waals surface area contributed by atoms with Crippen molar-refractivity contribution in [2.24, 2.45) is 0 Å². The fourth-order valence-corrected chi connectivity index (χ4v) is 5.11. The van der Waals surface area contributed by atoms with Crippen molar-refractivity contribution in [2.45, 2.75) is 25.8 Å². The third-order valence-corrected chi connectivity index (χ3v) is 7.19. The molecule has 10 heteroatoms. The lowest BCUT2D eigenvalue weighted by Gasteiger charge is -2.26. The molecule has 4 aromatic rings. The zero-order valence-electron chi connectivity index (χ0n) is 21.5. The Hall–Kier alpha value is -5.25. The highest BCUT2D eigenvalue weighted by Gasteiger charge is 2.30. The van der Waals surface area contributed by atoms with E-state index in [-0.39, 0.29) is 17.5 Å². The summed E-state index contributed by atoms with van der Waals surface area (Å²) in [5, 5.41) is 17.7. The van der Waals surface area contributed by atoms with E-state index < -0.39 is 4.92 Å². The number of hydrogen-bond acceptors (Lipinski definition) is 6. The van der Waals surface area contributed by atoms with Gasteiger partial charge in [-0.1, -0.05) is 36.4 Å². The van der Waals surface area contributed by atoms with Gasteiger partial charge >= 0.3 is 0 Å². The number of nitro groups is 1. The summed E-state index contributed by atoms with van der Waals surface area (Å²) in [6.07, 6.45) is 5.94. The zero-order valence-corrected chi connectivity index (χ0v) is 21.5. The SMILES string of the molecule is O=C1Nc2ccc([N+](=O)[O-])cc2C1=C(Nc1ccc(-c2c[nH]cn2)cc1)c1ccc(CN2CCCCC2=O)cc1. The molecule has 0 bridgehead atoms. The zero-order chi connectivity index (χ0) is 27.6. The Kier molecular flexibility index (Phi) is 6.57. The van der Waals surface area contributed by atoms with E-state index in [1.807, 2.05) is 59.6 Å². The number of carbonyl (C=O) groups is 2. The molecule has 0 atom stereocenters. The van der Waals surface area contributed by atoms with Crippen LogP contribution < -0.4 is 10.6 Å². The van der Waals surface area contributed by atoms with Gasteiger partial charge in [0, 0.05) is 60.3 Å². The fraction of sp³-hybridized carbons (Fsp3) is 0.167. The van der Waals surface area contributed by atoms with Gasteiger partial charge in [0.2, 0.25) is 5.91 Å². The first-order valence-electron chi connectivity index (χ1n) is 13.0. The Bertz CT molecular complexity index is 1630. The second-order valence-corrected chi connectivity index (χ2v) is 9.82. The van der Waals surface area contributed by atoms with Crippen LogP contribution in [0.1, 0.15) is 36.0 Å². The molecule has 40 heavy (non-hydrogen) atoms. The molecule has 2 aliphatic heterocycles. The van der Waals surface area contributed by atoms with Crippen LogP contribution in [0.3, 0.4) is 0 Å². The summed E-state index contributed by atoms with van der Waals surface area (Å²) in [5.41, 5.74) is 5.89. The van der Waals surface area contributed by atoms with Gasteiger partial charge < -0.3 is 20.5 Å². The summed E-state index contributed by atoms with van der Waals surface area (Å²) in [6.45, 7) is 1.28. The van der Waals surface area contributed by atoms with Gasteiger partial charge in [-0.05, 0) is 42.2 Å². The third kappa shape index (κ3) is 4.94. The van der Waals surface area contributed by atoms with Crippen LogP contribution >= 0.6 is 0 Å². The molecule has 0 saturated carbocycles. The lowest BCUT2D eigenvalue weighted by Crippen LogP contribution is -2.34. The second kappa shape index (κ2) is 10.5. The van der Waals surface area contributed by atoms with Crippen molar-refractivity contribution in [3.63, 3.8) is 0 Å². The summed E-state index contributed by atoms with van der Waals surface area (Å²) in [7, 11) is 0. The van der Waals surface area contributed by atoms with Crippen molar-refractivity contribution in [2.75, 3.05) is 17.2 Å². The van der Waals surface area contributed by atoms with E-state index in [1.54, 1.807) is 12.4 Å². The smallest absolute Gasteiger partial charge is 0.270 e. The molecule has 0 spiro atoms. The van der Waals surface area contributed by atoms with Crippen LogP contribution in [0.25, 0.3) is 22.5 Å². The van der Waals surface area contributed by atoms with E-state index in [0.717, 1.165) is 47.5 Å². The van der Waals surface area contributed by atoms with Crippen molar-refractivity contribution < 1.29 is 14.5 Å². The van der Waals surface area contributed by atoms with Crippen molar-refractivity contribution in [1.82, 2.24) is 14.9 Å². The van der Waals surface area contributed by atoms with E-state index in [1.165, 1.54) is 12.1 Å². The summed E-state index contributed by atoms with van der Waals surface area (Å²) >= 11 is 0. The maximum atomic E-state index is 13.3. The number of H-pyrrole nitrogens is 1. The van der Waals surface area contributed by atoms with E-state index in [4.69, 9.17) is 0 Å². The number of nitrogens with zero attached hydrogens (tertiary/aromatic N) is 3.